The minimum Gasteiger partial charge on any atom is -0.387 e. The quantitative estimate of drug-likeness (QED) is 0.742. The van der Waals surface area contributed by atoms with Gasteiger partial charge in [-0.2, -0.15) is 13.2 Å². The van der Waals surface area contributed by atoms with Crippen LogP contribution in [-0.4, -0.2) is 17.7 Å². The van der Waals surface area contributed by atoms with Crippen LogP contribution in [0.2, 0.25) is 0 Å². The van der Waals surface area contributed by atoms with E-state index in [4.69, 9.17) is 0 Å². The lowest BCUT2D eigenvalue weighted by atomic mass is 10.1. The normalized spacial score (nSPS) is 12.5. The minimum absolute atomic E-state index is 0.196. The van der Waals surface area contributed by atoms with Gasteiger partial charge in [0.05, 0.1) is 11.7 Å². The summed E-state index contributed by atoms with van der Waals surface area (Å²) in [5.74, 6) is -0.446. The van der Waals surface area contributed by atoms with Crippen molar-refractivity contribution in [2.75, 3.05) is 11.9 Å². The number of urea groups is 1. The van der Waals surface area contributed by atoms with E-state index in [1.807, 2.05) is 0 Å². The highest BCUT2D eigenvalue weighted by Crippen LogP contribution is 2.29. The molecule has 0 bridgehead atoms. The Labute approximate surface area is 135 Å². The fraction of sp³-hybridized carbons (Fsp3) is 0.188. The maximum absolute atomic E-state index is 12.7. The number of aliphatic hydroxyl groups is 1. The molecule has 0 spiro atoms. The Hall–Kier alpha value is -2.61. The van der Waals surface area contributed by atoms with Crippen LogP contribution in [0.1, 0.15) is 17.2 Å². The van der Waals surface area contributed by atoms with Crippen LogP contribution in [0.15, 0.2) is 48.5 Å². The Morgan fingerprint density at radius 3 is 2.17 bits per heavy atom. The predicted octanol–water partition coefficient (Wildman–Crippen LogP) is 3.70. The van der Waals surface area contributed by atoms with E-state index in [1.165, 1.54) is 24.3 Å². The summed E-state index contributed by atoms with van der Waals surface area (Å²) in [4.78, 5) is 11.6. The lowest BCUT2D eigenvalue weighted by molar-refractivity contribution is -0.137. The third kappa shape index (κ3) is 4.95. The Kier molecular flexibility index (Phi) is 5.40. The molecule has 128 valence electrons. The van der Waals surface area contributed by atoms with Crippen molar-refractivity contribution >= 4 is 11.7 Å². The van der Waals surface area contributed by atoms with E-state index in [0.717, 1.165) is 24.3 Å². The molecule has 2 amide bonds. The molecule has 0 fully saturated rings. The summed E-state index contributed by atoms with van der Waals surface area (Å²) in [6.07, 6.45) is -5.61. The molecule has 2 rings (SSSR count). The first-order valence-corrected chi connectivity index (χ1v) is 6.91. The Bertz CT molecular complexity index is 685. The number of aliphatic hydroxyl groups excluding tert-OH is 1. The van der Waals surface area contributed by atoms with E-state index in [1.54, 1.807) is 0 Å². The van der Waals surface area contributed by atoms with E-state index in [2.05, 4.69) is 10.6 Å². The Morgan fingerprint density at radius 2 is 1.62 bits per heavy atom. The lowest BCUT2D eigenvalue weighted by Crippen LogP contribution is -2.32. The monoisotopic (exact) mass is 342 g/mol. The fourth-order valence-electron chi connectivity index (χ4n) is 1.91. The second kappa shape index (κ2) is 7.31. The van der Waals surface area contributed by atoms with Gasteiger partial charge in [0.2, 0.25) is 0 Å². The van der Waals surface area contributed by atoms with Gasteiger partial charge in [-0.15, -0.1) is 0 Å². The average Bonchev–Trinajstić information content (AvgIpc) is 2.54. The number of hydrogen-bond acceptors (Lipinski definition) is 2. The minimum atomic E-state index is -4.45. The van der Waals surface area contributed by atoms with Crippen LogP contribution in [0, 0.1) is 5.82 Å². The van der Waals surface area contributed by atoms with Crippen molar-refractivity contribution in [2.45, 2.75) is 12.3 Å². The first kappa shape index (κ1) is 17.7. The number of anilines is 1. The summed E-state index contributed by atoms with van der Waals surface area (Å²) in [5, 5.41) is 14.7. The average molecular weight is 342 g/mol. The predicted molar refractivity (Wildman–Crippen MR) is 79.8 cm³/mol. The SMILES string of the molecule is O=C(NCC(O)c1ccc(C(F)(F)F)cc1)Nc1ccc(F)cc1. The number of nitrogens with one attached hydrogen (secondary N) is 2. The summed E-state index contributed by atoms with van der Waals surface area (Å²) >= 11 is 0. The molecule has 8 heteroatoms. The molecular weight excluding hydrogens is 328 g/mol. The van der Waals surface area contributed by atoms with Crippen LogP contribution in [0.3, 0.4) is 0 Å². The van der Waals surface area contributed by atoms with E-state index in [9.17, 15) is 27.5 Å². The highest BCUT2D eigenvalue weighted by atomic mass is 19.4. The second-order valence-corrected chi connectivity index (χ2v) is 4.98. The third-order valence-electron chi connectivity index (χ3n) is 3.18. The summed E-state index contributed by atoms with van der Waals surface area (Å²) in [5.41, 5.74) is -0.219. The van der Waals surface area contributed by atoms with Crippen LogP contribution in [0.5, 0.6) is 0 Å². The van der Waals surface area contributed by atoms with Gasteiger partial charge in [-0.05, 0) is 42.0 Å². The van der Waals surface area contributed by atoms with Gasteiger partial charge in [-0.25, -0.2) is 9.18 Å². The van der Waals surface area contributed by atoms with Crippen LogP contribution in [-0.2, 0) is 6.18 Å². The summed E-state index contributed by atoms with van der Waals surface area (Å²) in [7, 11) is 0. The molecule has 4 nitrogen and oxygen atoms in total. The highest BCUT2D eigenvalue weighted by Gasteiger charge is 2.30. The van der Waals surface area contributed by atoms with Crippen molar-refractivity contribution in [2.24, 2.45) is 0 Å². The molecule has 0 saturated heterocycles. The van der Waals surface area contributed by atoms with Crippen molar-refractivity contribution in [3.05, 3.63) is 65.5 Å². The number of benzene rings is 2. The molecule has 0 aromatic heterocycles. The van der Waals surface area contributed by atoms with Crippen LogP contribution < -0.4 is 10.6 Å². The molecule has 0 aliphatic heterocycles. The standard InChI is InChI=1S/C16H14F4N2O2/c17-12-5-7-13(8-6-12)22-15(24)21-9-14(23)10-1-3-11(4-2-10)16(18,19)20/h1-8,14,23H,9H2,(H2,21,22,24). The van der Waals surface area contributed by atoms with Crippen LogP contribution >= 0.6 is 0 Å². The van der Waals surface area contributed by atoms with Gasteiger partial charge in [0.25, 0.3) is 0 Å². The zero-order valence-electron chi connectivity index (χ0n) is 12.3. The molecule has 0 radical (unpaired) electrons. The lowest BCUT2D eigenvalue weighted by Gasteiger charge is -2.14. The number of halogens is 4. The summed E-state index contributed by atoms with van der Waals surface area (Å²) in [6.45, 7) is -0.196. The van der Waals surface area contributed by atoms with E-state index < -0.39 is 29.7 Å². The molecule has 2 aromatic rings. The van der Waals surface area contributed by atoms with Crippen molar-refractivity contribution in [3.8, 4) is 0 Å². The van der Waals surface area contributed by atoms with Crippen molar-refractivity contribution < 1.29 is 27.5 Å². The van der Waals surface area contributed by atoms with Gasteiger partial charge in [0, 0.05) is 12.2 Å². The number of alkyl halides is 3. The molecule has 2 aromatic carbocycles. The maximum atomic E-state index is 12.7. The smallest absolute Gasteiger partial charge is 0.387 e. The third-order valence-corrected chi connectivity index (χ3v) is 3.18. The number of carbonyl (C=O) groups excluding carboxylic acids is 1. The molecule has 1 unspecified atom stereocenters. The fourth-order valence-corrected chi connectivity index (χ4v) is 1.91. The summed E-state index contributed by atoms with van der Waals surface area (Å²) < 4.78 is 50.1. The van der Waals surface area contributed by atoms with Crippen LogP contribution in [0.25, 0.3) is 0 Å². The van der Waals surface area contributed by atoms with E-state index in [0.29, 0.717) is 5.69 Å². The van der Waals surface area contributed by atoms with Crippen molar-refractivity contribution in [1.29, 1.82) is 0 Å². The molecule has 0 heterocycles. The second-order valence-electron chi connectivity index (χ2n) is 4.98. The first-order valence-electron chi connectivity index (χ1n) is 6.91. The first-order chi connectivity index (χ1) is 11.3. The van der Waals surface area contributed by atoms with Gasteiger partial charge in [0.15, 0.2) is 0 Å². The Morgan fingerprint density at radius 1 is 1.04 bits per heavy atom. The highest BCUT2D eigenvalue weighted by molar-refractivity contribution is 5.89. The molecule has 1 atom stereocenters. The zero-order valence-corrected chi connectivity index (χ0v) is 12.3. The molecule has 0 aliphatic carbocycles. The zero-order chi connectivity index (χ0) is 17.7. The van der Waals surface area contributed by atoms with Crippen molar-refractivity contribution in [1.82, 2.24) is 5.32 Å². The largest absolute Gasteiger partial charge is 0.416 e. The number of carbonyl (C=O) groups is 1. The van der Waals surface area contributed by atoms with Gasteiger partial charge in [-0.1, -0.05) is 12.1 Å². The number of hydrogen-bond donors (Lipinski definition) is 3. The van der Waals surface area contributed by atoms with E-state index >= 15 is 0 Å². The molecular formula is C16H14F4N2O2. The maximum Gasteiger partial charge on any atom is 0.416 e. The number of rotatable bonds is 4. The van der Waals surface area contributed by atoms with Gasteiger partial charge >= 0.3 is 12.2 Å². The van der Waals surface area contributed by atoms with Gasteiger partial charge in [0.1, 0.15) is 5.82 Å². The Balaban J connectivity index is 1.87. The van der Waals surface area contributed by atoms with Gasteiger partial charge in [-0.3, -0.25) is 0 Å². The van der Waals surface area contributed by atoms with E-state index in [-0.39, 0.29) is 12.1 Å². The molecule has 0 saturated carbocycles. The van der Waals surface area contributed by atoms with Gasteiger partial charge < -0.3 is 15.7 Å². The summed E-state index contributed by atoms with van der Waals surface area (Å²) in [6, 6.07) is 8.45. The molecule has 24 heavy (non-hydrogen) atoms. The number of amides is 2. The molecule has 3 N–H and O–H groups in total. The topological polar surface area (TPSA) is 61.4 Å². The van der Waals surface area contributed by atoms with Crippen LogP contribution in [0.4, 0.5) is 28.0 Å². The van der Waals surface area contributed by atoms with Crippen molar-refractivity contribution in [3.63, 3.8) is 0 Å². The molecule has 0 aliphatic rings.